The molecule has 322 valence electrons. The van der Waals surface area contributed by atoms with Crippen molar-refractivity contribution in [2.75, 3.05) is 27.4 Å². The average Bonchev–Trinajstić information content (AvgIpc) is 3.21. The van der Waals surface area contributed by atoms with Gasteiger partial charge in [0.05, 0.1) is 33.0 Å². The molecule has 20 nitrogen and oxygen atoms in total. The second-order valence-electron chi connectivity index (χ2n) is 13.8. The Morgan fingerprint density at radius 1 is 0.672 bits per heavy atom. The van der Waals surface area contributed by atoms with Crippen LogP contribution in [0.25, 0.3) is 12.2 Å². The van der Waals surface area contributed by atoms with Gasteiger partial charge in [0.15, 0.2) is 41.7 Å². The maximum Gasteiger partial charge on any atom is 0.331 e. The Balaban J connectivity index is 1.34. The van der Waals surface area contributed by atoms with Gasteiger partial charge in [0.1, 0.15) is 61.5 Å². The fourth-order valence-electron chi connectivity index (χ4n) is 6.39. The van der Waals surface area contributed by atoms with E-state index in [9.17, 15) is 55.9 Å². The minimum absolute atomic E-state index is 0.0696. The lowest BCUT2D eigenvalue weighted by molar-refractivity contribution is -0.385. The van der Waals surface area contributed by atoms with Gasteiger partial charge in [-0.3, -0.25) is 0 Å². The molecule has 2 aromatic rings. The normalized spacial score (nSPS) is 35.6. The van der Waals surface area contributed by atoms with Crippen molar-refractivity contribution in [2.24, 2.45) is 0 Å². The molecular weight excluding hydrogens is 776 g/mol. The molecule has 0 radical (unpaired) electrons. The van der Waals surface area contributed by atoms with Crippen LogP contribution in [0.5, 0.6) is 28.7 Å². The summed E-state index contributed by atoms with van der Waals surface area (Å²) in [6, 6.07) is 7.09. The topological polar surface area (TPSA) is 302 Å². The molecule has 0 spiro atoms. The first kappa shape index (κ1) is 45.0. The van der Waals surface area contributed by atoms with Gasteiger partial charge in [-0.25, -0.2) is 4.79 Å². The van der Waals surface area contributed by atoms with Crippen LogP contribution in [0, 0.1) is 0 Å². The second kappa shape index (κ2) is 19.7. The number of hydrogen-bond donors (Lipinski definition) is 10. The molecule has 0 amide bonds. The number of esters is 1. The number of carbonyl (C=O) groups excluding carboxylic acids is 1. The molecule has 3 heterocycles. The number of aliphatic hydroxyl groups excluding tert-OH is 8. The predicted octanol–water partition coefficient (Wildman–Crippen LogP) is -1.73. The molecule has 15 atom stereocenters. The lowest BCUT2D eigenvalue weighted by Gasteiger charge is -2.48. The maximum atomic E-state index is 12.2. The van der Waals surface area contributed by atoms with Crippen molar-refractivity contribution >= 4 is 18.1 Å². The Morgan fingerprint density at radius 3 is 1.88 bits per heavy atom. The van der Waals surface area contributed by atoms with Gasteiger partial charge in [0.25, 0.3) is 0 Å². The van der Waals surface area contributed by atoms with Crippen LogP contribution in [0.4, 0.5) is 0 Å². The molecule has 3 aliphatic rings. The fourth-order valence-corrected chi connectivity index (χ4v) is 6.39. The van der Waals surface area contributed by atoms with Crippen LogP contribution in [0.1, 0.15) is 25.0 Å². The van der Waals surface area contributed by atoms with Crippen LogP contribution >= 0.6 is 0 Å². The van der Waals surface area contributed by atoms with Gasteiger partial charge in [-0.05, 0) is 61.4 Å². The molecule has 15 unspecified atom stereocenters. The van der Waals surface area contributed by atoms with Crippen LogP contribution in [-0.2, 0) is 33.2 Å². The van der Waals surface area contributed by atoms with Crippen molar-refractivity contribution in [3.05, 3.63) is 53.6 Å². The largest absolute Gasteiger partial charge is 0.504 e. The summed E-state index contributed by atoms with van der Waals surface area (Å²) in [4.78, 5) is 12.2. The Morgan fingerprint density at radius 2 is 1.26 bits per heavy atom. The SMILES string of the molecule is COc1cc(C=CCOC(=O)C=Cc2ccc(O)c(O)c2)cc(OC)c1OC1OC(CO)C(O)C(O)C1OC1OC(C)C(O)C(O)C1OC1OC(C)C(O)C(O)C1O. The third-order valence-electron chi connectivity index (χ3n) is 9.76. The molecule has 58 heavy (non-hydrogen) atoms. The van der Waals surface area contributed by atoms with Gasteiger partial charge in [0.2, 0.25) is 12.0 Å². The fraction of sp³-hybridized carbons (Fsp3) is 0.553. The zero-order valence-corrected chi connectivity index (χ0v) is 31.8. The van der Waals surface area contributed by atoms with E-state index in [1.165, 1.54) is 70.6 Å². The number of carbonyl (C=O) groups is 1. The van der Waals surface area contributed by atoms with Crippen molar-refractivity contribution in [1.29, 1.82) is 0 Å². The van der Waals surface area contributed by atoms with Crippen LogP contribution in [0.3, 0.4) is 0 Å². The summed E-state index contributed by atoms with van der Waals surface area (Å²) in [6.45, 7) is 1.91. The summed E-state index contributed by atoms with van der Waals surface area (Å²) >= 11 is 0. The predicted molar refractivity (Wildman–Crippen MR) is 195 cm³/mol. The molecule has 3 fully saturated rings. The summed E-state index contributed by atoms with van der Waals surface area (Å²) in [5.74, 6) is -1.27. The van der Waals surface area contributed by atoms with Gasteiger partial charge < -0.3 is 93.7 Å². The van der Waals surface area contributed by atoms with Gasteiger partial charge in [0, 0.05) is 6.08 Å². The van der Waals surface area contributed by atoms with Crippen molar-refractivity contribution < 1.29 is 98.5 Å². The molecule has 3 saturated heterocycles. The highest BCUT2D eigenvalue weighted by atomic mass is 16.8. The van der Waals surface area contributed by atoms with E-state index in [2.05, 4.69) is 0 Å². The van der Waals surface area contributed by atoms with Crippen LogP contribution in [0.15, 0.2) is 42.5 Å². The standard InChI is InChI=1S/C38H50O20/c1-16-26(43)29(46)32(49)36(53-16)57-34-30(47)27(44)17(2)54-37(34)58-35-31(48)28(45)24(15-39)55-38(35)56-33-22(50-3)13-19(14-23(33)51-4)6-5-11-52-25(42)10-8-18-7-9-20(40)21(41)12-18/h5-10,12-14,16-17,24,26-32,34-41,43-49H,11,15H2,1-4H3. The molecular formula is C38H50O20. The van der Waals surface area contributed by atoms with Crippen molar-refractivity contribution in [3.8, 4) is 28.7 Å². The van der Waals surface area contributed by atoms with Crippen molar-refractivity contribution in [3.63, 3.8) is 0 Å². The highest BCUT2D eigenvalue weighted by Gasteiger charge is 2.53. The van der Waals surface area contributed by atoms with Crippen LogP contribution in [-0.4, -0.2) is 177 Å². The highest BCUT2D eigenvalue weighted by Crippen LogP contribution is 2.42. The average molecular weight is 827 g/mol. The van der Waals surface area contributed by atoms with Crippen LogP contribution < -0.4 is 14.2 Å². The summed E-state index contributed by atoms with van der Waals surface area (Å²) in [7, 11) is 2.65. The molecule has 2 aromatic carbocycles. The van der Waals surface area contributed by atoms with Gasteiger partial charge in [-0.2, -0.15) is 0 Å². The molecule has 10 N–H and O–H groups in total. The van der Waals surface area contributed by atoms with Gasteiger partial charge >= 0.3 is 5.97 Å². The Hall–Kier alpha value is -4.13. The van der Waals surface area contributed by atoms with E-state index < -0.39 is 105 Å². The number of hydrogen-bond acceptors (Lipinski definition) is 20. The van der Waals surface area contributed by atoms with E-state index in [-0.39, 0.29) is 35.4 Å². The first-order valence-electron chi connectivity index (χ1n) is 18.2. The van der Waals surface area contributed by atoms with E-state index in [0.29, 0.717) is 11.1 Å². The third kappa shape index (κ3) is 10.2. The Kier molecular flexibility index (Phi) is 15.3. The number of phenolic OH excluding ortho intramolecular Hbond substituents is 2. The minimum Gasteiger partial charge on any atom is -0.504 e. The van der Waals surface area contributed by atoms with Gasteiger partial charge in [-0.15, -0.1) is 0 Å². The number of benzene rings is 2. The quantitative estimate of drug-likeness (QED) is 0.0575. The first-order valence-corrected chi connectivity index (χ1v) is 18.2. The number of rotatable bonds is 14. The van der Waals surface area contributed by atoms with E-state index in [0.717, 1.165) is 6.08 Å². The lowest BCUT2D eigenvalue weighted by atomic mass is 9.97. The smallest absolute Gasteiger partial charge is 0.331 e. The number of ether oxygens (including phenoxy) is 9. The summed E-state index contributed by atoms with van der Waals surface area (Å²) in [6.07, 6.45) is -18.2. The zero-order chi connectivity index (χ0) is 42.4. The minimum atomic E-state index is -1.85. The van der Waals surface area contributed by atoms with E-state index in [1.54, 1.807) is 6.08 Å². The Labute approximate surface area is 332 Å². The molecule has 5 rings (SSSR count). The van der Waals surface area contributed by atoms with E-state index in [1.807, 2.05) is 0 Å². The summed E-state index contributed by atoms with van der Waals surface area (Å²) < 4.78 is 51.5. The van der Waals surface area contributed by atoms with Crippen molar-refractivity contribution in [2.45, 2.75) is 106 Å². The van der Waals surface area contributed by atoms with E-state index in [4.69, 9.17) is 42.6 Å². The number of aromatic hydroxyl groups is 2. The zero-order valence-electron chi connectivity index (χ0n) is 31.8. The number of aliphatic hydroxyl groups is 8. The molecule has 0 bridgehead atoms. The molecule has 0 aromatic heterocycles. The summed E-state index contributed by atoms with van der Waals surface area (Å²) in [5, 5.41) is 104. The third-order valence-corrected chi connectivity index (χ3v) is 9.76. The van der Waals surface area contributed by atoms with Crippen LogP contribution in [0.2, 0.25) is 0 Å². The second-order valence-corrected chi connectivity index (χ2v) is 13.8. The number of phenols is 2. The monoisotopic (exact) mass is 826 g/mol. The summed E-state index contributed by atoms with van der Waals surface area (Å²) in [5.41, 5.74) is 0.945. The highest BCUT2D eigenvalue weighted by molar-refractivity contribution is 5.87. The first-order chi connectivity index (χ1) is 27.6. The lowest BCUT2D eigenvalue weighted by Crippen LogP contribution is -2.66. The molecule has 20 heteroatoms. The Bertz CT molecular complexity index is 1710. The molecule has 0 saturated carbocycles. The van der Waals surface area contributed by atoms with Crippen molar-refractivity contribution in [1.82, 2.24) is 0 Å². The van der Waals surface area contributed by atoms with E-state index >= 15 is 0 Å². The number of methoxy groups -OCH3 is 2. The van der Waals surface area contributed by atoms with Gasteiger partial charge in [-0.1, -0.05) is 12.1 Å². The molecule has 0 aliphatic carbocycles. The molecule has 3 aliphatic heterocycles. The maximum absolute atomic E-state index is 12.2.